The Kier molecular flexibility index (Phi) is 3.45. The molecule has 0 spiro atoms. The molecule has 3 nitrogen and oxygen atoms in total. The van der Waals surface area contributed by atoms with E-state index in [1.165, 1.54) is 0 Å². The molecule has 0 aromatic rings. The minimum Gasteiger partial charge on any atom is -0.375 e. The number of hydrogen-bond donors (Lipinski definition) is 0. The molecule has 1 saturated carbocycles. The van der Waals surface area contributed by atoms with Crippen molar-refractivity contribution in [1.29, 1.82) is 0 Å². The zero-order valence-electron chi connectivity index (χ0n) is 7.62. The third-order valence-corrected chi connectivity index (χ3v) is 2.06. The summed E-state index contributed by atoms with van der Waals surface area (Å²) < 4.78 is 5.60. The van der Waals surface area contributed by atoms with E-state index in [9.17, 15) is 4.79 Å². The highest BCUT2D eigenvalue weighted by molar-refractivity contribution is 5.33. The van der Waals surface area contributed by atoms with Crippen molar-refractivity contribution in [3.63, 3.8) is 0 Å². The SMILES string of the molecule is CC(C)OC1CCC(N=C=O)C1. The van der Waals surface area contributed by atoms with Crippen LogP contribution in [0.3, 0.4) is 0 Å². The summed E-state index contributed by atoms with van der Waals surface area (Å²) in [6, 6.07) is 0.159. The van der Waals surface area contributed by atoms with Crippen LogP contribution in [0.4, 0.5) is 0 Å². The van der Waals surface area contributed by atoms with Crippen molar-refractivity contribution in [2.75, 3.05) is 0 Å². The van der Waals surface area contributed by atoms with Gasteiger partial charge < -0.3 is 4.74 Å². The number of hydrogen-bond acceptors (Lipinski definition) is 3. The van der Waals surface area contributed by atoms with E-state index in [1.807, 2.05) is 13.8 Å². The third kappa shape index (κ3) is 2.76. The van der Waals surface area contributed by atoms with Gasteiger partial charge in [-0.25, -0.2) is 9.79 Å². The van der Waals surface area contributed by atoms with Crippen molar-refractivity contribution in [2.24, 2.45) is 4.99 Å². The standard InChI is InChI=1S/C9H15NO2/c1-7(2)12-9-4-3-8(5-9)10-6-11/h7-9H,3-5H2,1-2H3. The second-order valence-electron chi connectivity index (χ2n) is 3.49. The highest BCUT2D eigenvalue weighted by atomic mass is 16.5. The molecular formula is C9H15NO2. The minimum atomic E-state index is 0.159. The van der Waals surface area contributed by atoms with Gasteiger partial charge in [-0.3, -0.25) is 0 Å². The lowest BCUT2D eigenvalue weighted by Crippen LogP contribution is -2.14. The van der Waals surface area contributed by atoms with Crippen LogP contribution in [0.15, 0.2) is 4.99 Å². The van der Waals surface area contributed by atoms with Gasteiger partial charge in [0.15, 0.2) is 0 Å². The van der Waals surface area contributed by atoms with Crippen LogP contribution in [0, 0.1) is 0 Å². The average Bonchev–Trinajstić information content (AvgIpc) is 2.36. The van der Waals surface area contributed by atoms with E-state index >= 15 is 0 Å². The molecule has 0 bridgehead atoms. The van der Waals surface area contributed by atoms with Crippen molar-refractivity contribution in [2.45, 2.75) is 51.4 Å². The van der Waals surface area contributed by atoms with E-state index in [-0.39, 0.29) is 12.1 Å². The normalized spacial score (nSPS) is 28.9. The first-order chi connectivity index (χ1) is 5.72. The van der Waals surface area contributed by atoms with Gasteiger partial charge in [0.1, 0.15) is 0 Å². The number of carbonyl (C=O) groups excluding carboxylic acids is 1. The summed E-state index contributed by atoms with van der Waals surface area (Å²) in [5.74, 6) is 0. The Hall–Kier alpha value is -0.660. The maximum Gasteiger partial charge on any atom is 0.235 e. The monoisotopic (exact) mass is 169 g/mol. The number of nitrogens with zero attached hydrogens (tertiary/aromatic N) is 1. The summed E-state index contributed by atoms with van der Waals surface area (Å²) in [6.07, 6.45) is 5.04. The number of ether oxygens (including phenoxy) is 1. The van der Waals surface area contributed by atoms with Crippen LogP contribution in [-0.2, 0) is 9.53 Å². The van der Waals surface area contributed by atoms with E-state index in [2.05, 4.69) is 4.99 Å². The molecule has 0 aliphatic heterocycles. The first-order valence-electron chi connectivity index (χ1n) is 4.45. The largest absolute Gasteiger partial charge is 0.375 e. The van der Waals surface area contributed by atoms with Crippen molar-refractivity contribution < 1.29 is 9.53 Å². The highest BCUT2D eigenvalue weighted by Gasteiger charge is 2.25. The topological polar surface area (TPSA) is 38.7 Å². The third-order valence-electron chi connectivity index (χ3n) is 2.06. The van der Waals surface area contributed by atoms with Gasteiger partial charge in [0.25, 0.3) is 0 Å². The highest BCUT2D eigenvalue weighted by Crippen LogP contribution is 2.25. The van der Waals surface area contributed by atoms with Gasteiger partial charge in [0.2, 0.25) is 6.08 Å². The lowest BCUT2D eigenvalue weighted by atomic mass is 10.2. The van der Waals surface area contributed by atoms with Gasteiger partial charge in [0.05, 0.1) is 18.2 Å². The Morgan fingerprint density at radius 1 is 1.50 bits per heavy atom. The molecular weight excluding hydrogens is 154 g/mol. The van der Waals surface area contributed by atoms with Crippen LogP contribution in [-0.4, -0.2) is 24.3 Å². The Bertz CT molecular complexity index is 185. The van der Waals surface area contributed by atoms with Crippen LogP contribution >= 0.6 is 0 Å². The van der Waals surface area contributed by atoms with Gasteiger partial charge in [-0.05, 0) is 33.1 Å². The molecule has 12 heavy (non-hydrogen) atoms. The van der Waals surface area contributed by atoms with E-state index < -0.39 is 0 Å². The fourth-order valence-electron chi connectivity index (χ4n) is 1.62. The smallest absolute Gasteiger partial charge is 0.235 e. The lowest BCUT2D eigenvalue weighted by Gasteiger charge is -2.13. The van der Waals surface area contributed by atoms with Crippen LogP contribution in [0.1, 0.15) is 33.1 Å². The molecule has 3 heteroatoms. The van der Waals surface area contributed by atoms with Crippen molar-refractivity contribution in [3.8, 4) is 0 Å². The predicted octanol–water partition coefficient (Wildman–Crippen LogP) is 1.67. The maximum atomic E-state index is 9.96. The molecule has 0 heterocycles. The molecule has 1 aliphatic carbocycles. The Balaban J connectivity index is 2.30. The number of rotatable bonds is 3. The fraction of sp³-hybridized carbons (Fsp3) is 0.889. The molecule has 1 fully saturated rings. The molecule has 0 aromatic heterocycles. The summed E-state index contributed by atoms with van der Waals surface area (Å²) in [5, 5.41) is 0. The molecule has 0 N–H and O–H groups in total. The fourth-order valence-corrected chi connectivity index (χ4v) is 1.62. The van der Waals surface area contributed by atoms with E-state index in [1.54, 1.807) is 6.08 Å². The van der Waals surface area contributed by atoms with Crippen molar-refractivity contribution in [3.05, 3.63) is 0 Å². The van der Waals surface area contributed by atoms with E-state index in [4.69, 9.17) is 4.74 Å². The number of isocyanates is 1. The van der Waals surface area contributed by atoms with Gasteiger partial charge >= 0.3 is 0 Å². The molecule has 2 unspecified atom stereocenters. The Morgan fingerprint density at radius 2 is 2.25 bits per heavy atom. The van der Waals surface area contributed by atoms with E-state index in [0.717, 1.165) is 19.3 Å². The van der Waals surface area contributed by atoms with Gasteiger partial charge in [-0.1, -0.05) is 0 Å². The Labute approximate surface area is 72.8 Å². The molecule has 68 valence electrons. The average molecular weight is 169 g/mol. The Morgan fingerprint density at radius 3 is 2.83 bits per heavy atom. The first kappa shape index (κ1) is 9.43. The summed E-state index contributed by atoms with van der Waals surface area (Å²) >= 11 is 0. The first-order valence-corrected chi connectivity index (χ1v) is 4.45. The molecule has 1 rings (SSSR count). The molecule has 2 atom stereocenters. The molecule has 0 radical (unpaired) electrons. The van der Waals surface area contributed by atoms with E-state index in [0.29, 0.717) is 6.10 Å². The van der Waals surface area contributed by atoms with Gasteiger partial charge in [0, 0.05) is 0 Å². The van der Waals surface area contributed by atoms with Crippen molar-refractivity contribution in [1.82, 2.24) is 0 Å². The number of aliphatic imine (C=N–C) groups is 1. The van der Waals surface area contributed by atoms with Crippen LogP contribution < -0.4 is 0 Å². The summed E-state index contributed by atoms with van der Waals surface area (Å²) in [7, 11) is 0. The zero-order valence-corrected chi connectivity index (χ0v) is 7.62. The van der Waals surface area contributed by atoms with Crippen LogP contribution in [0.2, 0.25) is 0 Å². The van der Waals surface area contributed by atoms with Crippen LogP contribution in [0.25, 0.3) is 0 Å². The second-order valence-corrected chi connectivity index (χ2v) is 3.49. The quantitative estimate of drug-likeness (QED) is 0.476. The van der Waals surface area contributed by atoms with Crippen molar-refractivity contribution >= 4 is 6.08 Å². The second kappa shape index (κ2) is 4.39. The zero-order chi connectivity index (χ0) is 8.97. The van der Waals surface area contributed by atoms with Gasteiger partial charge in [-0.15, -0.1) is 0 Å². The molecule has 0 aromatic carbocycles. The molecule has 0 saturated heterocycles. The lowest BCUT2D eigenvalue weighted by molar-refractivity contribution is 0.0119. The summed E-state index contributed by atoms with van der Waals surface area (Å²) in [5.41, 5.74) is 0. The maximum absolute atomic E-state index is 9.96. The predicted molar refractivity (Wildman–Crippen MR) is 45.8 cm³/mol. The van der Waals surface area contributed by atoms with Crippen LogP contribution in [0.5, 0.6) is 0 Å². The minimum absolute atomic E-state index is 0.159. The molecule has 0 amide bonds. The molecule has 1 aliphatic rings. The summed E-state index contributed by atoms with van der Waals surface area (Å²) in [6.45, 7) is 4.05. The summed E-state index contributed by atoms with van der Waals surface area (Å²) in [4.78, 5) is 13.7. The van der Waals surface area contributed by atoms with Gasteiger partial charge in [-0.2, -0.15) is 0 Å².